The van der Waals surface area contributed by atoms with Gasteiger partial charge in [0.15, 0.2) is 6.10 Å². The van der Waals surface area contributed by atoms with Crippen molar-refractivity contribution in [2.24, 2.45) is 0 Å². The molecule has 0 aliphatic rings. The van der Waals surface area contributed by atoms with E-state index in [0.29, 0.717) is 19.3 Å². The van der Waals surface area contributed by atoms with Gasteiger partial charge in [0.05, 0.1) is 0 Å². The van der Waals surface area contributed by atoms with Gasteiger partial charge < -0.3 is 14.2 Å². The highest BCUT2D eigenvalue weighted by molar-refractivity contribution is 5.71. The fraction of sp³-hybridized carbons (Fsp3) is 0.735. The zero-order valence-electron chi connectivity index (χ0n) is 35.9. The van der Waals surface area contributed by atoms with Gasteiger partial charge in [-0.1, -0.05) is 171 Å². The Morgan fingerprint density at radius 3 is 1.22 bits per heavy atom. The van der Waals surface area contributed by atoms with Gasteiger partial charge in [0.2, 0.25) is 0 Å². The van der Waals surface area contributed by atoms with E-state index >= 15 is 0 Å². The van der Waals surface area contributed by atoms with Crippen molar-refractivity contribution in [3.05, 3.63) is 60.8 Å². The van der Waals surface area contributed by atoms with Gasteiger partial charge in [-0.2, -0.15) is 0 Å². The molecule has 0 amide bonds. The quantitative estimate of drug-likeness (QED) is 0.0203. The van der Waals surface area contributed by atoms with Crippen LogP contribution in [0.25, 0.3) is 0 Å². The molecule has 6 heteroatoms. The number of unbranched alkanes of at least 4 members (excludes halogenated alkanes) is 21. The second-order valence-corrected chi connectivity index (χ2v) is 15.0. The number of rotatable bonds is 40. The van der Waals surface area contributed by atoms with Gasteiger partial charge in [0.1, 0.15) is 13.2 Å². The van der Waals surface area contributed by atoms with Crippen molar-refractivity contribution >= 4 is 17.9 Å². The van der Waals surface area contributed by atoms with Crippen LogP contribution in [0.2, 0.25) is 0 Å². The molecular weight excluding hydrogens is 685 g/mol. The molecule has 0 aromatic rings. The minimum Gasteiger partial charge on any atom is -0.462 e. The van der Waals surface area contributed by atoms with E-state index in [1.807, 2.05) is 0 Å². The highest BCUT2D eigenvalue weighted by Gasteiger charge is 2.19. The zero-order chi connectivity index (χ0) is 40.1. The van der Waals surface area contributed by atoms with Gasteiger partial charge in [-0.3, -0.25) is 14.4 Å². The zero-order valence-corrected chi connectivity index (χ0v) is 35.9. The van der Waals surface area contributed by atoms with Crippen LogP contribution in [0.1, 0.15) is 213 Å². The van der Waals surface area contributed by atoms with Crippen molar-refractivity contribution in [2.75, 3.05) is 13.2 Å². The second-order valence-electron chi connectivity index (χ2n) is 15.0. The van der Waals surface area contributed by atoms with E-state index in [1.54, 1.807) is 0 Å². The van der Waals surface area contributed by atoms with Gasteiger partial charge >= 0.3 is 17.9 Å². The molecule has 0 N–H and O–H groups in total. The van der Waals surface area contributed by atoms with E-state index in [0.717, 1.165) is 116 Å². The first kappa shape index (κ1) is 52.1. The first-order valence-corrected chi connectivity index (χ1v) is 22.8. The predicted octanol–water partition coefficient (Wildman–Crippen LogP) is 14.5. The molecule has 1 unspecified atom stereocenters. The van der Waals surface area contributed by atoms with Gasteiger partial charge in [0, 0.05) is 19.3 Å². The number of carbonyl (C=O) groups is 3. The Kier molecular flexibility index (Phi) is 41.5. The maximum absolute atomic E-state index is 12.7. The van der Waals surface area contributed by atoms with E-state index < -0.39 is 6.10 Å². The third-order valence-corrected chi connectivity index (χ3v) is 9.54. The molecule has 0 heterocycles. The molecule has 0 rings (SSSR count). The molecule has 0 aromatic carbocycles. The molecule has 0 bridgehead atoms. The lowest BCUT2D eigenvalue weighted by Crippen LogP contribution is -2.30. The molecular formula is C49H84O6. The monoisotopic (exact) mass is 769 g/mol. The highest BCUT2D eigenvalue weighted by Crippen LogP contribution is 2.13. The lowest BCUT2D eigenvalue weighted by atomic mass is 10.1. The van der Waals surface area contributed by atoms with Crippen molar-refractivity contribution in [2.45, 2.75) is 219 Å². The van der Waals surface area contributed by atoms with Crippen molar-refractivity contribution in [1.82, 2.24) is 0 Å². The number of ether oxygens (including phenoxy) is 3. The first-order chi connectivity index (χ1) is 27.0. The number of hydrogen-bond donors (Lipinski definition) is 0. The Balaban J connectivity index is 4.44. The minimum atomic E-state index is -0.792. The summed E-state index contributed by atoms with van der Waals surface area (Å²) in [5.74, 6) is -0.948. The lowest BCUT2D eigenvalue weighted by molar-refractivity contribution is -0.167. The molecule has 6 nitrogen and oxygen atoms in total. The van der Waals surface area contributed by atoms with Gasteiger partial charge in [0.25, 0.3) is 0 Å². The van der Waals surface area contributed by atoms with Crippen molar-refractivity contribution in [3.8, 4) is 0 Å². The number of carbonyl (C=O) groups excluding carboxylic acids is 3. The summed E-state index contributed by atoms with van der Waals surface area (Å²) in [6, 6.07) is 0. The molecule has 0 saturated heterocycles. The number of allylic oxidation sites excluding steroid dienone is 10. The summed E-state index contributed by atoms with van der Waals surface area (Å²) < 4.78 is 16.7. The van der Waals surface area contributed by atoms with Crippen LogP contribution in [0.3, 0.4) is 0 Å². The average molecular weight is 769 g/mol. The standard InChI is InChI=1S/C49H84O6/c1-4-7-10-13-16-19-22-24-26-27-30-33-36-39-42-48(51)54-45-46(44-53-47(50)41-38-35-32-29-21-18-15-12-9-6-3)55-49(52)43-40-37-34-31-28-25-23-20-17-14-11-8-5-2/h8,11,14-15,17-18,20,23,26-27,46H,4-7,9-10,12-13,16,19,21-22,24-25,28-45H2,1-3H3/b11-8-,17-14-,18-15-,23-20-,27-26-. The Labute approximate surface area is 339 Å². The summed E-state index contributed by atoms with van der Waals surface area (Å²) in [5, 5.41) is 0. The van der Waals surface area contributed by atoms with Gasteiger partial charge in [-0.05, 0) is 83.5 Å². The summed E-state index contributed by atoms with van der Waals surface area (Å²) in [7, 11) is 0. The van der Waals surface area contributed by atoms with Crippen molar-refractivity contribution in [3.63, 3.8) is 0 Å². The van der Waals surface area contributed by atoms with Gasteiger partial charge in [-0.15, -0.1) is 0 Å². The maximum atomic E-state index is 12.7. The lowest BCUT2D eigenvalue weighted by Gasteiger charge is -2.18. The molecule has 55 heavy (non-hydrogen) atoms. The van der Waals surface area contributed by atoms with E-state index in [2.05, 4.69) is 81.5 Å². The van der Waals surface area contributed by atoms with E-state index in [-0.39, 0.29) is 31.1 Å². The van der Waals surface area contributed by atoms with E-state index in [1.165, 1.54) is 57.8 Å². The number of hydrogen-bond acceptors (Lipinski definition) is 6. The van der Waals surface area contributed by atoms with Crippen LogP contribution in [0.4, 0.5) is 0 Å². The maximum Gasteiger partial charge on any atom is 0.306 e. The molecule has 0 fully saturated rings. The molecule has 0 spiro atoms. The van der Waals surface area contributed by atoms with Crippen molar-refractivity contribution in [1.29, 1.82) is 0 Å². The fourth-order valence-electron chi connectivity index (χ4n) is 6.06. The highest BCUT2D eigenvalue weighted by atomic mass is 16.6. The van der Waals surface area contributed by atoms with E-state index in [9.17, 15) is 14.4 Å². The normalized spacial score (nSPS) is 12.6. The third-order valence-electron chi connectivity index (χ3n) is 9.54. The van der Waals surface area contributed by atoms with Crippen LogP contribution in [-0.2, 0) is 28.6 Å². The molecule has 1 atom stereocenters. The number of esters is 3. The molecule has 316 valence electrons. The predicted molar refractivity (Wildman–Crippen MR) is 233 cm³/mol. The van der Waals surface area contributed by atoms with Gasteiger partial charge in [-0.25, -0.2) is 0 Å². The van der Waals surface area contributed by atoms with E-state index in [4.69, 9.17) is 14.2 Å². The summed E-state index contributed by atoms with van der Waals surface area (Å²) in [4.78, 5) is 37.7. The summed E-state index contributed by atoms with van der Waals surface area (Å²) >= 11 is 0. The van der Waals surface area contributed by atoms with Crippen LogP contribution in [0.15, 0.2) is 60.8 Å². The third kappa shape index (κ3) is 42.1. The van der Waals surface area contributed by atoms with Crippen LogP contribution < -0.4 is 0 Å². The van der Waals surface area contributed by atoms with Crippen LogP contribution in [0, 0.1) is 0 Å². The van der Waals surface area contributed by atoms with Crippen LogP contribution in [0.5, 0.6) is 0 Å². The second kappa shape index (κ2) is 43.8. The Morgan fingerprint density at radius 2 is 0.745 bits per heavy atom. The molecule has 0 aromatic heterocycles. The summed E-state index contributed by atoms with van der Waals surface area (Å²) in [6.07, 6.45) is 52.0. The Morgan fingerprint density at radius 1 is 0.382 bits per heavy atom. The topological polar surface area (TPSA) is 78.9 Å². The average Bonchev–Trinajstić information content (AvgIpc) is 3.18. The Hall–Kier alpha value is -2.89. The van der Waals surface area contributed by atoms with Crippen LogP contribution in [-0.4, -0.2) is 37.2 Å². The SMILES string of the molecule is CC\C=C/C=C\C=C/CCCCCCCC(=O)OC(COC(=O)CCCCC/C=C\CCCCCCCCC)COC(=O)CCCCCC/C=C\CCCC. The smallest absolute Gasteiger partial charge is 0.306 e. The minimum absolute atomic E-state index is 0.0941. The molecule has 0 saturated carbocycles. The Bertz CT molecular complexity index is 1020. The summed E-state index contributed by atoms with van der Waals surface area (Å²) in [5.41, 5.74) is 0. The fourth-order valence-corrected chi connectivity index (χ4v) is 6.06. The molecule has 0 radical (unpaired) electrons. The summed E-state index contributed by atoms with van der Waals surface area (Å²) in [6.45, 7) is 6.40. The largest absolute Gasteiger partial charge is 0.462 e. The first-order valence-electron chi connectivity index (χ1n) is 22.8. The molecule has 0 aliphatic heterocycles. The molecule has 0 aliphatic carbocycles. The van der Waals surface area contributed by atoms with Crippen molar-refractivity contribution < 1.29 is 28.6 Å². The van der Waals surface area contributed by atoms with Crippen LogP contribution >= 0.6 is 0 Å².